The third-order valence-electron chi connectivity index (χ3n) is 2.78. The van der Waals surface area contributed by atoms with E-state index < -0.39 is 7.12 Å². The van der Waals surface area contributed by atoms with Gasteiger partial charge in [-0.25, -0.2) is 9.97 Å². The Hall–Kier alpha value is -1.92. The molecule has 0 fully saturated rings. The maximum Gasteiger partial charge on any atom is 0.491 e. The third kappa shape index (κ3) is 2.08. The molecule has 0 saturated carbocycles. The minimum atomic E-state index is -0.865. The van der Waals surface area contributed by atoms with E-state index in [1.165, 1.54) is 6.33 Å². The largest absolute Gasteiger partial charge is 0.491 e. The lowest BCUT2D eigenvalue weighted by Gasteiger charge is -2.06. The van der Waals surface area contributed by atoms with E-state index >= 15 is 0 Å². The number of ether oxygens (including phenoxy) is 1. The van der Waals surface area contributed by atoms with Gasteiger partial charge in [-0.2, -0.15) is 0 Å². The molecule has 1 aromatic heterocycles. The molecule has 18 heavy (non-hydrogen) atoms. The molecule has 0 amide bonds. The Bertz CT molecular complexity index is 591. The molecule has 6 heteroatoms. The molecule has 1 N–H and O–H groups in total. The van der Waals surface area contributed by atoms with Crippen LogP contribution in [-0.4, -0.2) is 22.1 Å². The summed E-state index contributed by atoms with van der Waals surface area (Å²) in [5.41, 5.74) is 2.57. The van der Waals surface area contributed by atoms with E-state index in [0.717, 1.165) is 16.7 Å². The van der Waals surface area contributed by atoms with Crippen LogP contribution in [0.5, 0.6) is 11.6 Å². The second-order valence-corrected chi connectivity index (χ2v) is 4.12. The fourth-order valence-electron chi connectivity index (χ4n) is 1.86. The summed E-state index contributed by atoms with van der Waals surface area (Å²) in [7, 11) is -0.865. The molecule has 0 atom stereocenters. The lowest BCUT2D eigenvalue weighted by atomic mass is 9.79. The van der Waals surface area contributed by atoms with Crippen molar-refractivity contribution in [2.24, 2.45) is 0 Å². The van der Waals surface area contributed by atoms with Gasteiger partial charge in [0, 0.05) is 11.8 Å². The van der Waals surface area contributed by atoms with Crippen molar-refractivity contribution >= 4 is 12.6 Å². The minimum Gasteiger partial charge on any atom is -0.439 e. The van der Waals surface area contributed by atoms with Crippen LogP contribution < -0.4 is 10.2 Å². The maximum absolute atomic E-state index is 9.61. The molecule has 0 radical (unpaired) electrons. The van der Waals surface area contributed by atoms with Crippen molar-refractivity contribution in [1.82, 2.24) is 9.97 Å². The van der Waals surface area contributed by atoms with Crippen LogP contribution in [0.2, 0.25) is 0 Å². The van der Waals surface area contributed by atoms with Crippen molar-refractivity contribution in [3.8, 4) is 11.6 Å². The van der Waals surface area contributed by atoms with Gasteiger partial charge < -0.3 is 14.4 Å². The number of aryl methyl sites for hydroxylation is 1. The van der Waals surface area contributed by atoms with Gasteiger partial charge in [0.05, 0.1) is 6.61 Å². The molecule has 0 unspecified atom stereocenters. The van der Waals surface area contributed by atoms with Gasteiger partial charge in [0.25, 0.3) is 0 Å². The molecule has 2 heterocycles. The molecule has 1 aliphatic heterocycles. The summed E-state index contributed by atoms with van der Waals surface area (Å²) in [5.74, 6) is 1.10. The standard InChI is InChI=1S/C12H11BN2O3/c1-8-4-12(15-7-14-8)18-10-3-2-9-6-17-13(16)11(9)5-10/h2-5,7,16H,6H2,1H3. The van der Waals surface area contributed by atoms with Crippen molar-refractivity contribution < 1.29 is 14.4 Å². The minimum absolute atomic E-state index is 0.434. The third-order valence-corrected chi connectivity index (χ3v) is 2.78. The van der Waals surface area contributed by atoms with Crippen LogP contribution in [0.25, 0.3) is 0 Å². The van der Waals surface area contributed by atoms with E-state index in [0.29, 0.717) is 18.2 Å². The molecule has 1 aliphatic rings. The van der Waals surface area contributed by atoms with E-state index in [4.69, 9.17) is 9.39 Å². The molecule has 0 saturated heterocycles. The molecule has 1 aromatic carbocycles. The predicted octanol–water partition coefficient (Wildman–Crippen LogP) is 0.795. The Kier molecular flexibility index (Phi) is 2.73. The van der Waals surface area contributed by atoms with Crippen LogP contribution in [0.3, 0.4) is 0 Å². The first kappa shape index (κ1) is 11.2. The van der Waals surface area contributed by atoms with Crippen LogP contribution in [-0.2, 0) is 11.3 Å². The van der Waals surface area contributed by atoms with Gasteiger partial charge in [-0.3, -0.25) is 0 Å². The second kappa shape index (κ2) is 4.40. The number of rotatable bonds is 2. The topological polar surface area (TPSA) is 64.5 Å². The van der Waals surface area contributed by atoms with Crippen molar-refractivity contribution in [3.63, 3.8) is 0 Å². The molecule has 5 nitrogen and oxygen atoms in total. The van der Waals surface area contributed by atoms with Crippen LogP contribution in [0.4, 0.5) is 0 Å². The Labute approximate surface area is 105 Å². The fourth-order valence-corrected chi connectivity index (χ4v) is 1.86. The summed E-state index contributed by atoms with van der Waals surface area (Å²) in [5, 5.41) is 9.61. The van der Waals surface area contributed by atoms with Crippen LogP contribution in [0.1, 0.15) is 11.3 Å². The summed E-state index contributed by atoms with van der Waals surface area (Å²) in [6.07, 6.45) is 1.45. The number of fused-ring (bicyclic) bond motifs is 1. The van der Waals surface area contributed by atoms with Gasteiger partial charge in [-0.1, -0.05) is 6.07 Å². The monoisotopic (exact) mass is 242 g/mol. The highest BCUT2D eigenvalue weighted by Gasteiger charge is 2.27. The highest BCUT2D eigenvalue weighted by atomic mass is 16.5. The average Bonchev–Trinajstić information content (AvgIpc) is 2.71. The summed E-state index contributed by atoms with van der Waals surface area (Å²) in [6, 6.07) is 7.23. The van der Waals surface area contributed by atoms with Crippen LogP contribution in [0, 0.1) is 6.92 Å². The molecule has 0 bridgehead atoms. The highest BCUT2D eigenvalue weighted by Crippen LogP contribution is 2.21. The zero-order valence-corrected chi connectivity index (χ0v) is 9.83. The van der Waals surface area contributed by atoms with Gasteiger partial charge in [0.1, 0.15) is 12.1 Å². The quantitative estimate of drug-likeness (QED) is 0.789. The first-order valence-corrected chi connectivity index (χ1v) is 5.61. The van der Waals surface area contributed by atoms with E-state index in [1.807, 2.05) is 19.1 Å². The summed E-state index contributed by atoms with van der Waals surface area (Å²) in [4.78, 5) is 8.02. The number of hydrogen-bond acceptors (Lipinski definition) is 5. The van der Waals surface area contributed by atoms with Gasteiger partial charge in [0.15, 0.2) is 0 Å². The molecule has 0 spiro atoms. The summed E-state index contributed by atoms with van der Waals surface area (Å²) in [6.45, 7) is 2.30. The normalized spacial score (nSPS) is 13.6. The Balaban J connectivity index is 1.88. The SMILES string of the molecule is Cc1cc(Oc2ccc3c(c2)B(O)OC3)ncn1. The van der Waals surface area contributed by atoms with Gasteiger partial charge in [0.2, 0.25) is 5.88 Å². The predicted molar refractivity (Wildman–Crippen MR) is 65.7 cm³/mol. The highest BCUT2D eigenvalue weighted by molar-refractivity contribution is 6.61. The Morgan fingerprint density at radius 1 is 1.33 bits per heavy atom. The van der Waals surface area contributed by atoms with Gasteiger partial charge >= 0.3 is 7.12 Å². The van der Waals surface area contributed by atoms with E-state index in [-0.39, 0.29) is 0 Å². The smallest absolute Gasteiger partial charge is 0.439 e. The molecule has 3 rings (SSSR count). The fraction of sp³-hybridized carbons (Fsp3) is 0.167. The molecule has 2 aromatic rings. The van der Waals surface area contributed by atoms with Crippen LogP contribution >= 0.6 is 0 Å². The lowest BCUT2D eigenvalue weighted by Crippen LogP contribution is -2.27. The molecular weight excluding hydrogens is 231 g/mol. The number of nitrogens with zero attached hydrogens (tertiary/aromatic N) is 2. The zero-order chi connectivity index (χ0) is 12.5. The zero-order valence-electron chi connectivity index (χ0n) is 9.83. The van der Waals surface area contributed by atoms with Crippen molar-refractivity contribution in [1.29, 1.82) is 0 Å². The molecule has 90 valence electrons. The second-order valence-electron chi connectivity index (χ2n) is 4.12. The van der Waals surface area contributed by atoms with Crippen molar-refractivity contribution in [2.75, 3.05) is 0 Å². The summed E-state index contributed by atoms with van der Waals surface area (Å²) < 4.78 is 10.7. The maximum atomic E-state index is 9.61. The number of benzene rings is 1. The molecular formula is C12H11BN2O3. The van der Waals surface area contributed by atoms with Crippen LogP contribution in [0.15, 0.2) is 30.6 Å². The van der Waals surface area contributed by atoms with E-state index in [9.17, 15) is 5.02 Å². The van der Waals surface area contributed by atoms with Crippen molar-refractivity contribution in [3.05, 3.63) is 41.9 Å². The average molecular weight is 242 g/mol. The molecule has 0 aliphatic carbocycles. The van der Waals surface area contributed by atoms with Gasteiger partial charge in [-0.05, 0) is 30.1 Å². The Morgan fingerprint density at radius 2 is 2.22 bits per heavy atom. The van der Waals surface area contributed by atoms with Gasteiger partial charge in [-0.15, -0.1) is 0 Å². The van der Waals surface area contributed by atoms with E-state index in [2.05, 4.69) is 9.97 Å². The number of hydrogen-bond donors (Lipinski definition) is 1. The summed E-state index contributed by atoms with van der Waals surface area (Å²) >= 11 is 0. The number of aromatic nitrogens is 2. The lowest BCUT2D eigenvalue weighted by molar-refractivity contribution is 0.275. The Morgan fingerprint density at radius 3 is 3.06 bits per heavy atom. The first-order valence-electron chi connectivity index (χ1n) is 5.61. The first-order chi connectivity index (χ1) is 8.72. The van der Waals surface area contributed by atoms with Crippen molar-refractivity contribution in [2.45, 2.75) is 13.5 Å². The van der Waals surface area contributed by atoms with E-state index in [1.54, 1.807) is 12.1 Å².